The number of aliphatic hydroxyl groups excluding tert-OH is 1. The highest BCUT2D eigenvalue weighted by Crippen LogP contribution is 2.23. The lowest BCUT2D eigenvalue weighted by Gasteiger charge is -2.36. The van der Waals surface area contributed by atoms with Crippen LogP contribution in [0.4, 0.5) is 17.3 Å². The van der Waals surface area contributed by atoms with Crippen molar-refractivity contribution in [3.05, 3.63) is 46.5 Å². The number of piperazine rings is 2. The molecule has 1 aromatic heterocycles. The summed E-state index contributed by atoms with van der Waals surface area (Å²) >= 11 is 0. The lowest BCUT2D eigenvalue weighted by Crippen LogP contribution is -2.49. The molecule has 0 atom stereocenters. The number of anilines is 2. The van der Waals surface area contributed by atoms with Crippen molar-refractivity contribution in [3.8, 4) is 0 Å². The minimum atomic E-state index is -3.81. The van der Waals surface area contributed by atoms with Gasteiger partial charge in [0.25, 0.3) is 5.69 Å². The van der Waals surface area contributed by atoms with E-state index in [1.807, 2.05) is 17.0 Å². The number of nitrogens with zero attached hydrogens (tertiary/aromatic N) is 7. The summed E-state index contributed by atoms with van der Waals surface area (Å²) in [5, 5.41) is 28.8. The number of hydrogen-bond donors (Lipinski definition) is 1. The topological polar surface area (TPSA) is 136 Å². The van der Waals surface area contributed by atoms with Crippen molar-refractivity contribution < 1.29 is 18.4 Å². The highest BCUT2D eigenvalue weighted by Gasteiger charge is 2.30. The molecule has 4 rings (SSSR count). The molecular formula is C20H27N7O5S. The zero-order valence-corrected chi connectivity index (χ0v) is 19.0. The molecule has 1 aromatic carbocycles. The van der Waals surface area contributed by atoms with E-state index in [9.17, 15) is 18.5 Å². The molecule has 0 saturated carbocycles. The van der Waals surface area contributed by atoms with E-state index in [-0.39, 0.29) is 30.3 Å². The Labute approximate surface area is 192 Å². The van der Waals surface area contributed by atoms with Crippen LogP contribution in [0.25, 0.3) is 0 Å². The van der Waals surface area contributed by atoms with Crippen molar-refractivity contribution in [1.29, 1.82) is 0 Å². The van der Waals surface area contributed by atoms with Crippen molar-refractivity contribution in [3.63, 3.8) is 0 Å². The van der Waals surface area contributed by atoms with Gasteiger partial charge in [0.05, 0.1) is 16.4 Å². The molecule has 2 aromatic rings. The fourth-order valence-electron chi connectivity index (χ4n) is 4.06. The summed E-state index contributed by atoms with van der Waals surface area (Å²) in [5.41, 5.74) is -0.250. The van der Waals surface area contributed by atoms with Gasteiger partial charge in [-0.3, -0.25) is 15.0 Å². The van der Waals surface area contributed by atoms with E-state index >= 15 is 0 Å². The molecule has 0 spiro atoms. The van der Waals surface area contributed by atoms with Gasteiger partial charge in [0.15, 0.2) is 11.6 Å². The maximum Gasteiger partial charge on any atom is 0.270 e. The van der Waals surface area contributed by atoms with Crippen LogP contribution in [0.3, 0.4) is 0 Å². The van der Waals surface area contributed by atoms with Crippen molar-refractivity contribution in [1.82, 2.24) is 19.4 Å². The third kappa shape index (κ3) is 5.21. The first-order chi connectivity index (χ1) is 15.9. The molecule has 33 heavy (non-hydrogen) atoms. The molecule has 2 aliphatic rings. The zero-order chi connectivity index (χ0) is 23.4. The first kappa shape index (κ1) is 23.3. The second kappa shape index (κ2) is 9.95. The van der Waals surface area contributed by atoms with Gasteiger partial charge in [-0.15, -0.1) is 10.2 Å². The number of aromatic nitrogens is 2. The van der Waals surface area contributed by atoms with E-state index < -0.39 is 14.9 Å². The van der Waals surface area contributed by atoms with E-state index in [1.165, 1.54) is 22.5 Å². The Morgan fingerprint density at radius 2 is 1.48 bits per heavy atom. The van der Waals surface area contributed by atoms with E-state index in [1.54, 1.807) is 0 Å². The third-order valence-corrected chi connectivity index (χ3v) is 7.87. The van der Waals surface area contributed by atoms with Gasteiger partial charge < -0.3 is 14.9 Å². The van der Waals surface area contributed by atoms with E-state index in [0.29, 0.717) is 25.5 Å². The number of benzene rings is 1. The molecule has 3 heterocycles. The van der Waals surface area contributed by atoms with Gasteiger partial charge >= 0.3 is 0 Å². The van der Waals surface area contributed by atoms with Crippen LogP contribution in [-0.2, 0) is 10.0 Å². The number of rotatable bonds is 7. The van der Waals surface area contributed by atoms with Crippen molar-refractivity contribution in [2.45, 2.75) is 4.90 Å². The fraction of sp³-hybridized carbons (Fsp3) is 0.500. The van der Waals surface area contributed by atoms with Crippen LogP contribution in [0.2, 0.25) is 0 Å². The molecule has 2 fully saturated rings. The van der Waals surface area contributed by atoms with Crippen molar-refractivity contribution >= 4 is 27.3 Å². The van der Waals surface area contributed by atoms with Gasteiger partial charge in [0.2, 0.25) is 10.0 Å². The van der Waals surface area contributed by atoms with Crippen molar-refractivity contribution in [2.24, 2.45) is 0 Å². The predicted octanol–water partition coefficient (Wildman–Crippen LogP) is 0.0100. The summed E-state index contributed by atoms with van der Waals surface area (Å²) in [6, 6.07) is 8.95. The second-order valence-corrected chi connectivity index (χ2v) is 9.89. The first-order valence-electron chi connectivity index (χ1n) is 10.8. The Hall–Kier alpha value is -2.87. The highest BCUT2D eigenvalue weighted by atomic mass is 32.2. The Kier molecular flexibility index (Phi) is 7.02. The summed E-state index contributed by atoms with van der Waals surface area (Å²) in [7, 11) is -3.81. The average Bonchev–Trinajstić information content (AvgIpc) is 2.85. The van der Waals surface area contributed by atoms with Crippen LogP contribution in [0.15, 0.2) is 41.3 Å². The lowest BCUT2D eigenvalue weighted by atomic mass is 10.3. The zero-order valence-electron chi connectivity index (χ0n) is 18.2. The molecule has 0 radical (unpaired) electrons. The number of aliphatic hydroxyl groups is 1. The van der Waals surface area contributed by atoms with Crippen LogP contribution >= 0.6 is 0 Å². The van der Waals surface area contributed by atoms with Crippen LogP contribution in [0.1, 0.15) is 0 Å². The van der Waals surface area contributed by atoms with Gasteiger partial charge in [0, 0.05) is 71.0 Å². The monoisotopic (exact) mass is 477 g/mol. The summed E-state index contributed by atoms with van der Waals surface area (Å²) in [4.78, 5) is 16.7. The number of β-amino-alcohol motifs (C(OH)–C–C–N with tert-alkyl or cyclic N) is 1. The molecule has 13 heteroatoms. The molecule has 2 saturated heterocycles. The van der Waals surface area contributed by atoms with E-state index in [4.69, 9.17) is 5.11 Å². The first-order valence-corrected chi connectivity index (χ1v) is 12.2. The van der Waals surface area contributed by atoms with Crippen LogP contribution in [0.5, 0.6) is 0 Å². The Balaban J connectivity index is 1.35. The summed E-state index contributed by atoms with van der Waals surface area (Å²) < 4.78 is 27.2. The summed E-state index contributed by atoms with van der Waals surface area (Å²) in [6.07, 6.45) is 0. The lowest BCUT2D eigenvalue weighted by molar-refractivity contribution is -0.385. The third-order valence-electron chi connectivity index (χ3n) is 5.98. The van der Waals surface area contributed by atoms with E-state index in [2.05, 4.69) is 20.0 Å². The number of hydrogen-bond acceptors (Lipinski definition) is 10. The quantitative estimate of drug-likeness (QED) is 0.429. The van der Waals surface area contributed by atoms with Crippen LogP contribution < -0.4 is 9.80 Å². The molecule has 0 amide bonds. The SMILES string of the molecule is O=[N+]([O-])c1cccc(S(=O)(=O)N2CCN(c3ccc(N4CCN(CCO)CC4)nn3)CC2)c1. The smallest absolute Gasteiger partial charge is 0.270 e. The average molecular weight is 478 g/mol. The largest absolute Gasteiger partial charge is 0.395 e. The number of nitro benzene ring substituents is 1. The maximum atomic E-state index is 12.9. The molecule has 0 unspecified atom stereocenters. The molecular weight excluding hydrogens is 450 g/mol. The Morgan fingerprint density at radius 1 is 0.909 bits per heavy atom. The number of sulfonamides is 1. The van der Waals surface area contributed by atoms with Crippen LogP contribution in [0, 0.1) is 10.1 Å². The Bertz CT molecular complexity index is 1070. The molecule has 12 nitrogen and oxygen atoms in total. The summed E-state index contributed by atoms with van der Waals surface area (Å²) in [6.45, 7) is 5.61. The van der Waals surface area contributed by atoms with Gasteiger partial charge in [-0.25, -0.2) is 8.42 Å². The standard InChI is InChI=1S/C20H27N7O5S/c28-15-14-23-6-8-24(9-7-23)19-4-5-20(22-21-19)25-10-12-26(13-11-25)33(31,32)18-3-1-2-17(16-18)27(29)30/h1-5,16,28H,6-15H2. The van der Waals surface area contributed by atoms with Gasteiger partial charge in [-0.1, -0.05) is 6.07 Å². The van der Waals surface area contributed by atoms with Crippen LogP contribution in [-0.4, -0.2) is 103 Å². The minimum Gasteiger partial charge on any atom is -0.395 e. The second-order valence-electron chi connectivity index (χ2n) is 7.95. The van der Waals surface area contributed by atoms with Gasteiger partial charge in [0.1, 0.15) is 0 Å². The molecule has 2 aliphatic heterocycles. The predicted molar refractivity (Wildman–Crippen MR) is 122 cm³/mol. The maximum absolute atomic E-state index is 12.9. The molecule has 178 valence electrons. The normalized spacial score (nSPS) is 18.5. The number of nitro groups is 1. The summed E-state index contributed by atoms with van der Waals surface area (Å²) in [5.74, 6) is 1.49. The minimum absolute atomic E-state index is 0.0756. The molecule has 1 N–H and O–H groups in total. The van der Waals surface area contributed by atoms with Gasteiger partial charge in [-0.05, 0) is 18.2 Å². The van der Waals surface area contributed by atoms with Crippen molar-refractivity contribution in [2.75, 3.05) is 75.3 Å². The Morgan fingerprint density at radius 3 is 2.00 bits per heavy atom. The molecule has 0 aliphatic carbocycles. The fourth-order valence-corrected chi connectivity index (χ4v) is 5.52. The van der Waals surface area contributed by atoms with Gasteiger partial charge in [-0.2, -0.15) is 4.31 Å². The molecule has 0 bridgehead atoms. The highest BCUT2D eigenvalue weighted by molar-refractivity contribution is 7.89. The van der Waals surface area contributed by atoms with E-state index in [0.717, 1.165) is 38.1 Å². The number of non-ortho nitro benzene ring substituents is 1.